The molecular weight excluding hydrogens is 294 g/mol. The van der Waals surface area contributed by atoms with E-state index in [-0.39, 0.29) is 12.4 Å². The van der Waals surface area contributed by atoms with E-state index in [9.17, 15) is 13.9 Å². The summed E-state index contributed by atoms with van der Waals surface area (Å²) in [7, 11) is 0. The van der Waals surface area contributed by atoms with Gasteiger partial charge in [0.25, 0.3) is 0 Å². The largest absolute Gasteiger partial charge is 0.390 e. The molecule has 0 aliphatic heterocycles. The highest BCUT2D eigenvalue weighted by Crippen LogP contribution is 2.23. The predicted molar refractivity (Wildman–Crippen MR) is 79.2 cm³/mol. The molecule has 0 aliphatic rings. The van der Waals surface area contributed by atoms with Gasteiger partial charge in [0.05, 0.1) is 19.3 Å². The molecule has 0 bridgehead atoms. The highest BCUT2D eigenvalue weighted by molar-refractivity contribution is 7.99. The van der Waals surface area contributed by atoms with Crippen molar-refractivity contribution in [3.05, 3.63) is 65.7 Å². The smallest absolute Gasteiger partial charge is 0.139 e. The summed E-state index contributed by atoms with van der Waals surface area (Å²) < 4.78 is 31.6. The van der Waals surface area contributed by atoms with Crippen LogP contribution in [0.15, 0.2) is 53.4 Å². The Balaban J connectivity index is 1.71. The van der Waals surface area contributed by atoms with Crippen molar-refractivity contribution in [3.63, 3.8) is 0 Å². The molecule has 0 aliphatic carbocycles. The quantitative estimate of drug-likeness (QED) is 0.792. The monoisotopic (exact) mass is 310 g/mol. The van der Waals surface area contributed by atoms with Gasteiger partial charge in [-0.3, -0.25) is 0 Å². The fourth-order valence-electron chi connectivity index (χ4n) is 1.71. The lowest BCUT2D eigenvalue weighted by atomic mass is 10.2. The standard InChI is InChI=1S/C16H16F2O2S/c17-13-6-7-16(15(18)8-13)21-11-14(19)10-20-9-12-4-2-1-3-5-12/h1-8,14,19H,9-11H2. The van der Waals surface area contributed by atoms with Crippen molar-refractivity contribution >= 4 is 11.8 Å². The van der Waals surface area contributed by atoms with Gasteiger partial charge in [-0.2, -0.15) is 0 Å². The van der Waals surface area contributed by atoms with Gasteiger partial charge in [0.15, 0.2) is 0 Å². The number of halogens is 2. The van der Waals surface area contributed by atoms with Gasteiger partial charge >= 0.3 is 0 Å². The molecule has 1 atom stereocenters. The summed E-state index contributed by atoms with van der Waals surface area (Å²) in [6.45, 7) is 0.595. The van der Waals surface area contributed by atoms with Crippen LogP contribution in [-0.2, 0) is 11.3 Å². The summed E-state index contributed by atoms with van der Waals surface area (Å²) in [5.41, 5.74) is 1.03. The van der Waals surface area contributed by atoms with Crippen molar-refractivity contribution in [3.8, 4) is 0 Å². The molecule has 0 radical (unpaired) electrons. The Morgan fingerprint density at radius 2 is 1.86 bits per heavy atom. The number of hydrogen-bond donors (Lipinski definition) is 1. The fourth-order valence-corrected chi connectivity index (χ4v) is 2.54. The second kappa shape index (κ2) is 8.12. The predicted octanol–water partition coefficient (Wildman–Crippen LogP) is 3.63. The van der Waals surface area contributed by atoms with Crippen molar-refractivity contribution in [1.82, 2.24) is 0 Å². The average molecular weight is 310 g/mol. The van der Waals surface area contributed by atoms with Crippen LogP contribution < -0.4 is 0 Å². The first kappa shape index (κ1) is 15.9. The molecule has 1 unspecified atom stereocenters. The van der Waals surface area contributed by atoms with E-state index in [4.69, 9.17) is 4.74 Å². The van der Waals surface area contributed by atoms with Crippen LogP contribution in [0.4, 0.5) is 8.78 Å². The summed E-state index contributed by atoms with van der Waals surface area (Å²) in [4.78, 5) is 0.318. The molecule has 2 aromatic carbocycles. The second-order valence-corrected chi connectivity index (χ2v) is 5.60. The summed E-state index contributed by atoms with van der Waals surface area (Å²) in [5, 5.41) is 9.79. The number of aliphatic hydroxyl groups excluding tert-OH is 1. The van der Waals surface area contributed by atoms with Crippen molar-refractivity contribution in [2.45, 2.75) is 17.6 Å². The number of ether oxygens (including phenoxy) is 1. The molecule has 0 saturated carbocycles. The normalized spacial score (nSPS) is 12.3. The maximum atomic E-state index is 13.4. The SMILES string of the molecule is OC(COCc1ccccc1)CSc1ccc(F)cc1F. The topological polar surface area (TPSA) is 29.5 Å². The molecule has 0 heterocycles. The Bertz CT molecular complexity index is 563. The molecule has 2 nitrogen and oxygen atoms in total. The minimum absolute atomic E-state index is 0.171. The Hall–Kier alpha value is -1.43. The van der Waals surface area contributed by atoms with Crippen LogP contribution in [0, 0.1) is 11.6 Å². The van der Waals surface area contributed by atoms with Gasteiger partial charge in [-0.05, 0) is 17.7 Å². The summed E-state index contributed by atoms with van der Waals surface area (Å²) in [6, 6.07) is 13.0. The van der Waals surface area contributed by atoms with Crippen LogP contribution in [-0.4, -0.2) is 23.6 Å². The van der Waals surface area contributed by atoms with Gasteiger partial charge in [0.1, 0.15) is 11.6 Å². The van der Waals surface area contributed by atoms with Crippen molar-refractivity contribution in [1.29, 1.82) is 0 Å². The summed E-state index contributed by atoms with van der Waals surface area (Å²) in [6.07, 6.45) is -0.705. The van der Waals surface area contributed by atoms with Crippen LogP contribution in [0.1, 0.15) is 5.56 Å². The van der Waals surface area contributed by atoms with Gasteiger partial charge in [0.2, 0.25) is 0 Å². The van der Waals surface area contributed by atoms with Crippen LogP contribution in [0.5, 0.6) is 0 Å². The second-order valence-electron chi connectivity index (χ2n) is 4.54. The summed E-state index contributed by atoms with van der Waals surface area (Å²) >= 11 is 1.14. The van der Waals surface area contributed by atoms with Crippen LogP contribution in [0.3, 0.4) is 0 Å². The van der Waals surface area contributed by atoms with E-state index in [1.165, 1.54) is 12.1 Å². The number of benzene rings is 2. The van der Waals surface area contributed by atoms with Gasteiger partial charge in [-0.25, -0.2) is 8.78 Å². The molecule has 2 rings (SSSR count). The van der Waals surface area contributed by atoms with E-state index in [1.807, 2.05) is 30.3 Å². The first-order valence-electron chi connectivity index (χ1n) is 6.53. The third-order valence-corrected chi connectivity index (χ3v) is 3.94. The molecule has 1 N–H and O–H groups in total. The molecule has 0 amide bonds. The van der Waals surface area contributed by atoms with E-state index in [1.54, 1.807) is 0 Å². The minimum Gasteiger partial charge on any atom is -0.390 e. The number of thioether (sulfide) groups is 1. The van der Waals surface area contributed by atoms with E-state index < -0.39 is 17.7 Å². The maximum Gasteiger partial charge on any atom is 0.139 e. The zero-order chi connectivity index (χ0) is 15.1. The Morgan fingerprint density at radius 3 is 2.57 bits per heavy atom. The molecule has 0 saturated heterocycles. The van der Waals surface area contributed by atoms with Crippen LogP contribution >= 0.6 is 11.8 Å². The molecule has 21 heavy (non-hydrogen) atoms. The van der Waals surface area contributed by atoms with Crippen LogP contribution in [0.25, 0.3) is 0 Å². The van der Waals surface area contributed by atoms with Gasteiger partial charge in [-0.1, -0.05) is 30.3 Å². The Kier molecular flexibility index (Phi) is 6.17. The molecule has 0 spiro atoms. The molecule has 0 fully saturated rings. The lowest BCUT2D eigenvalue weighted by Gasteiger charge is -2.11. The molecule has 5 heteroatoms. The minimum atomic E-state index is -0.705. The first-order valence-corrected chi connectivity index (χ1v) is 7.51. The number of hydrogen-bond acceptors (Lipinski definition) is 3. The third kappa shape index (κ3) is 5.46. The van der Waals surface area contributed by atoms with Gasteiger partial charge in [0, 0.05) is 16.7 Å². The maximum absolute atomic E-state index is 13.4. The highest BCUT2D eigenvalue weighted by Gasteiger charge is 2.09. The molecule has 112 valence electrons. The van der Waals surface area contributed by atoms with Crippen LogP contribution in [0.2, 0.25) is 0 Å². The zero-order valence-corrected chi connectivity index (χ0v) is 12.2. The van der Waals surface area contributed by atoms with E-state index >= 15 is 0 Å². The fraction of sp³-hybridized carbons (Fsp3) is 0.250. The van der Waals surface area contributed by atoms with E-state index in [0.717, 1.165) is 23.4 Å². The Morgan fingerprint density at radius 1 is 1.10 bits per heavy atom. The number of aliphatic hydroxyl groups is 1. The lowest BCUT2D eigenvalue weighted by molar-refractivity contribution is 0.0398. The average Bonchev–Trinajstić information content (AvgIpc) is 2.47. The molecule has 0 aromatic heterocycles. The number of rotatable bonds is 7. The summed E-state index contributed by atoms with van der Waals surface area (Å²) in [5.74, 6) is -0.932. The highest BCUT2D eigenvalue weighted by atomic mass is 32.2. The van der Waals surface area contributed by atoms with Gasteiger partial charge in [-0.15, -0.1) is 11.8 Å². The molecular formula is C16H16F2O2S. The van der Waals surface area contributed by atoms with Gasteiger partial charge < -0.3 is 9.84 Å². The van der Waals surface area contributed by atoms with Crippen molar-refractivity contribution < 1.29 is 18.6 Å². The Labute approximate surface area is 126 Å². The third-order valence-electron chi connectivity index (χ3n) is 2.75. The lowest BCUT2D eigenvalue weighted by Crippen LogP contribution is -2.18. The first-order chi connectivity index (χ1) is 10.1. The van der Waals surface area contributed by atoms with E-state index in [2.05, 4.69) is 0 Å². The van der Waals surface area contributed by atoms with Crippen molar-refractivity contribution in [2.75, 3.05) is 12.4 Å². The zero-order valence-electron chi connectivity index (χ0n) is 11.3. The molecule has 2 aromatic rings. The van der Waals surface area contributed by atoms with E-state index in [0.29, 0.717) is 11.5 Å². The van der Waals surface area contributed by atoms with Crippen molar-refractivity contribution in [2.24, 2.45) is 0 Å².